The molecule has 98 valence electrons. The van der Waals surface area contributed by atoms with Gasteiger partial charge in [0.15, 0.2) is 0 Å². The lowest BCUT2D eigenvalue weighted by molar-refractivity contribution is -0.147. The van der Waals surface area contributed by atoms with Crippen molar-refractivity contribution in [1.29, 1.82) is 0 Å². The van der Waals surface area contributed by atoms with Crippen LogP contribution in [0.15, 0.2) is 0 Å². The number of hydrogen-bond donors (Lipinski definition) is 1. The SMILES string of the molecule is COCC1CCCN(C(=O)C2CNCCO2)C1. The zero-order chi connectivity index (χ0) is 12.1. The van der Waals surface area contributed by atoms with Crippen molar-refractivity contribution in [1.82, 2.24) is 10.2 Å². The van der Waals surface area contributed by atoms with Gasteiger partial charge in [-0.05, 0) is 18.8 Å². The van der Waals surface area contributed by atoms with E-state index in [9.17, 15) is 4.79 Å². The molecule has 0 aromatic rings. The molecule has 0 aromatic heterocycles. The predicted octanol–water partition coefficient (Wildman–Crippen LogP) is -0.140. The Morgan fingerprint density at radius 2 is 2.47 bits per heavy atom. The Kier molecular flexibility index (Phi) is 4.76. The van der Waals surface area contributed by atoms with Gasteiger partial charge in [-0.25, -0.2) is 0 Å². The van der Waals surface area contributed by atoms with Crippen molar-refractivity contribution in [3.63, 3.8) is 0 Å². The van der Waals surface area contributed by atoms with Crippen molar-refractivity contribution in [2.75, 3.05) is 46.5 Å². The maximum absolute atomic E-state index is 12.2. The van der Waals surface area contributed by atoms with Gasteiger partial charge in [-0.1, -0.05) is 0 Å². The van der Waals surface area contributed by atoms with E-state index < -0.39 is 0 Å². The molecule has 5 nitrogen and oxygen atoms in total. The molecule has 1 amide bonds. The van der Waals surface area contributed by atoms with Gasteiger partial charge in [0, 0.05) is 33.3 Å². The van der Waals surface area contributed by atoms with Gasteiger partial charge in [0.2, 0.25) is 0 Å². The van der Waals surface area contributed by atoms with Gasteiger partial charge in [-0.2, -0.15) is 0 Å². The van der Waals surface area contributed by atoms with Crippen LogP contribution in [-0.2, 0) is 14.3 Å². The van der Waals surface area contributed by atoms with Crippen LogP contribution in [0, 0.1) is 5.92 Å². The summed E-state index contributed by atoms with van der Waals surface area (Å²) in [7, 11) is 1.72. The van der Waals surface area contributed by atoms with Crippen molar-refractivity contribution in [3.05, 3.63) is 0 Å². The van der Waals surface area contributed by atoms with Crippen LogP contribution in [0.4, 0.5) is 0 Å². The largest absolute Gasteiger partial charge is 0.384 e. The molecule has 2 rings (SSSR count). The average molecular weight is 242 g/mol. The number of nitrogens with one attached hydrogen (secondary N) is 1. The number of hydrogen-bond acceptors (Lipinski definition) is 4. The Morgan fingerprint density at radius 3 is 3.18 bits per heavy atom. The van der Waals surface area contributed by atoms with E-state index in [-0.39, 0.29) is 12.0 Å². The topological polar surface area (TPSA) is 50.8 Å². The quantitative estimate of drug-likeness (QED) is 0.748. The van der Waals surface area contributed by atoms with Crippen molar-refractivity contribution in [2.24, 2.45) is 5.92 Å². The highest BCUT2D eigenvalue weighted by Gasteiger charge is 2.30. The maximum atomic E-state index is 12.2. The molecule has 5 heteroatoms. The number of carbonyl (C=O) groups is 1. The van der Waals surface area contributed by atoms with Crippen molar-refractivity contribution in [2.45, 2.75) is 18.9 Å². The third-order valence-electron chi connectivity index (χ3n) is 3.44. The summed E-state index contributed by atoms with van der Waals surface area (Å²) in [6.45, 7) is 4.53. The third kappa shape index (κ3) is 3.40. The summed E-state index contributed by atoms with van der Waals surface area (Å²) in [5.74, 6) is 0.618. The second-order valence-electron chi connectivity index (χ2n) is 4.81. The monoisotopic (exact) mass is 242 g/mol. The van der Waals surface area contributed by atoms with Crippen molar-refractivity contribution in [3.8, 4) is 0 Å². The second-order valence-corrected chi connectivity index (χ2v) is 4.81. The van der Waals surface area contributed by atoms with Crippen LogP contribution < -0.4 is 5.32 Å². The lowest BCUT2D eigenvalue weighted by atomic mass is 9.98. The second kappa shape index (κ2) is 6.33. The van der Waals surface area contributed by atoms with Crippen LogP contribution in [0.2, 0.25) is 0 Å². The average Bonchev–Trinajstić information content (AvgIpc) is 2.40. The van der Waals surface area contributed by atoms with E-state index in [0.717, 1.165) is 39.1 Å². The predicted molar refractivity (Wildman–Crippen MR) is 63.8 cm³/mol. The number of morpholine rings is 1. The molecular formula is C12H22N2O3. The fourth-order valence-electron chi connectivity index (χ4n) is 2.56. The van der Waals surface area contributed by atoms with Crippen LogP contribution in [-0.4, -0.2) is 63.4 Å². The summed E-state index contributed by atoms with van der Waals surface area (Å²) in [6, 6.07) is 0. The van der Waals surface area contributed by atoms with Gasteiger partial charge >= 0.3 is 0 Å². The molecule has 2 heterocycles. The molecule has 2 atom stereocenters. The highest BCUT2D eigenvalue weighted by Crippen LogP contribution is 2.18. The molecule has 0 spiro atoms. The molecule has 2 fully saturated rings. The first-order valence-electron chi connectivity index (χ1n) is 6.41. The van der Waals surface area contributed by atoms with Crippen LogP contribution in [0.5, 0.6) is 0 Å². The first-order chi connectivity index (χ1) is 8.31. The molecule has 2 unspecified atom stereocenters. The van der Waals surface area contributed by atoms with Crippen LogP contribution in [0.3, 0.4) is 0 Å². The summed E-state index contributed by atoms with van der Waals surface area (Å²) < 4.78 is 10.7. The summed E-state index contributed by atoms with van der Waals surface area (Å²) in [6.07, 6.45) is 1.94. The Morgan fingerprint density at radius 1 is 1.59 bits per heavy atom. The Balaban J connectivity index is 1.85. The number of methoxy groups -OCH3 is 1. The Bertz CT molecular complexity index is 252. The number of likely N-dealkylation sites (tertiary alicyclic amines) is 1. The molecule has 0 radical (unpaired) electrons. The molecule has 2 saturated heterocycles. The number of rotatable bonds is 3. The molecule has 0 aliphatic carbocycles. The minimum Gasteiger partial charge on any atom is -0.384 e. The molecule has 1 N–H and O–H groups in total. The minimum atomic E-state index is -0.287. The highest BCUT2D eigenvalue weighted by molar-refractivity contribution is 5.81. The zero-order valence-electron chi connectivity index (χ0n) is 10.5. The lowest BCUT2D eigenvalue weighted by Crippen LogP contribution is -2.52. The van der Waals surface area contributed by atoms with Gasteiger partial charge in [0.25, 0.3) is 5.91 Å². The molecule has 0 saturated carbocycles. The molecule has 2 aliphatic heterocycles. The molecule has 17 heavy (non-hydrogen) atoms. The van der Waals surface area contributed by atoms with E-state index in [1.165, 1.54) is 0 Å². The molecule has 0 aromatic carbocycles. The minimum absolute atomic E-state index is 0.137. The van der Waals surface area contributed by atoms with E-state index in [1.54, 1.807) is 7.11 Å². The zero-order valence-corrected chi connectivity index (χ0v) is 10.5. The van der Waals surface area contributed by atoms with Gasteiger partial charge in [-0.15, -0.1) is 0 Å². The fraction of sp³-hybridized carbons (Fsp3) is 0.917. The Hall–Kier alpha value is -0.650. The lowest BCUT2D eigenvalue weighted by Gasteiger charge is -2.35. The number of piperidine rings is 1. The third-order valence-corrected chi connectivity index (χ3v) is 3.44. The molecule has 2 aliphatic rings. The van der Waals surface area contributed by atoms with Gasteiger partial charge in [-0.3, -0.25) is 4.79 Å². The summed E-state index contributed by atoms with van der Waals surface area (Å²) in [4.78, 5) is 14.2. The van der Waals surface area contributed by atoms with E-state index in [1.807, 2.05) is 4.90 Å². The first kappa shape index (κ1) is 12.8. The number of ether oxygens (including phenoxy) is 2. The van der Waals surface area contributed by atoms with Crippen LogP contribution in [0.25, 0.3) is 0 Å². The first-order valence-corrected chi connectivity index (χ1v) is 6.41. The maximum Gasteiger partial charge on any atom is 0.253 e. The number of amides is 1. The fourth-order valence-corrected chi connectivity index (χ4v) is 2.56. The summed E-state index contributed by atoms with van der Waals surface area (Å²) >= 11 is 0. The van der Waals surface area contributed by atoms with E-state index in [2.05, 4.69) is 5.32 Å². The Labute approximate surface area is 102 Å². The van der Waals surface area contributed by atoms with Gasteiger partial charge < -0.3 is 19.7 Å². The summed E-state index contributed by atoms with van der Waals surface area (Å²) in [5.41, 5.74) is 0. The van der Waals surface area contributed by atoms with Crippen LogP contribution >= 0.6 is 0 Å². The highest BCUT2D eigenvalue weighted by atomic mass is 16.5. The van der Waals surface area contributed by atoms with Crippen LogP contribution in [0.1, 0.15) is 12.8 Å². The smallest absolute Gasteiger partial charge is 0.253 e. The normalized spacial score (nSPS) is 30.3. The van der Waals surface area contributed by atoms with Gasteiger partial charge in [0.1, 0.15) is 6.10 Å². The number of nitrogens with zero attached hydrogens (tertiary/aromatic N) is 1. The summed E-state index contributed by atoms with van der Waals surface area (Å²) in [5, 5.41) is 3.19. The van der Waals surface area contributed by atoms with Crippen molar-refractivity contribution >= 4 is 5.91 Å². The molecular weight excluding hydrogens is 220 g/mol. The molecule has 0 bridgehead atoms. The van der Waals surface area contributed by atoms with Crippen molar-refractivity contribution < 1.29 is 14.3 Å². The number of carbonyl (C=O) groups excluding carboxylic acids is 1. The van der Waals surface area contributed by atoms with E-state index in [0.29, 0.717) is 19.1 Å². The van der Waals surface area contributed by atoms with E-state index in [4.69, 9.17) is 9.47 Å². The standard InChI is InChI=1S/C12H22N2O3/c1-16-9-10-3-2-5-14(8-10)12(15)11-7-13-4-6-17-11/h10-11,13H,2-9H2,1H3. The van der Waals surface area contributed by atoms with E-state index >= 15 is 0 Å². The van der Waals surface area contributed by atoms with Gasteiger partial charge in [0.05, 0.1) is 13.2 Å².